The molecule has 1 aromatic rings. The van der Waals surface area contributed by atoms with E-state index in [9.17, 15) is 5.11 Å². The van der Waals surface area contributed by atoms with E-state index < -0.39 is 6.10 Å². The Morgan fingerprint density at radius 3 is 2.40 bits per heavy atom. The van der Waals surface area contributed by atoms with Crippen molar-refractivity contribution in [1.82, 2.24) is 0 Å². The molecular weight excluding hydrogens is 320 g/mol. The summed E-state index contributed by atoms with van der Waals surface area (Å²) in [6, 6.07) is 3.72. The third-order valence-corrected chi connectivity index (χ3v) is 4.21. The summed E-state index contributed by atoms with van der Waals surface area (Å²) in [4.78, 5) is 0. The number of ether oxygens (including phenoxy) is 2. The first-order valence-corrected chi connectivity index (χ1v) is 8.03. The average molecular weight is 345 g/mol. The summed E-state index contributed by atoms with van der Waals surface area (Å²) >= 11 is 3.46. The zero-order chi connectivity index (χ0) is 15.0. The Bertz CT molecular complexity index is 407. The predicted molar refractivity (Wildman–Crippen MR) is 85.6 cm³/mol. The van der Waals surface area contributed by atoms with Crippen LogP contribution in [0.5, 0.6) is 11.5 Å². The van der Waals surface area contributed by atoms with Crippen molar-refractivity contribution >= 4 is 15.9 Å². The second kappa shape index (κ2) is 9.24. The molecule has 0 bridgehead atoms. The van der Waals surface area contributed by atoms with Crippen molar-refractivity contribution in [2.45, 2.75) is 51.6 Å². The molecule has 0 aliphatic carbocycles. The van der Waals surface area contributed by atoms with Crippen LogP contribution >= 0.6 is 15.9 Å². The van der Waals surface area contributed by atoms with E-state index in [4.69, 9.17) is 9.47 Å². The minimum Gasteiger partial charge on any atom is -0.495 e. The van der Waals surface area contributed by atoms with E-state index in [1.165, 1.54) is 25.7 Å². The Morgan fingerprint density at radius 1 is 1.10 bits per heavy atom. The number of benzene rings is 1. The number of rotatable bonds is 9. The van der Waals surface area contributed by atoms with Gasteiger partial charge in [0.15, 0.2) is 0 Å². The maximum atomic E-state index is 10.3. The van der Waals surface area contributed by atoms with Gasteiger partial charge in [0.05, 0.1) is 20.3 Å². The highest BCUT2D eigenvalue weighted by molar-refractivity contribution is 9.10. The number of aliphatic hydroxyl groups is 1. The van der Waals surface area contributed by atoms with Gasteiger partial charge in [0, 0.05) is 5.56 Å². The minimum atomic E-state index is -0.492. The molecule has 0 fully saturated rings. The molecule has 0 saturated heterocycles. The first kappa shape index (κ1) is 17.3. The van der Waals surface area contributed by atoms with Gasteiger partial charge in [-0.15, -0.1) is 0 Å². The van der Waals surface area contributed by atoms with Gasteiger partial charge in [0.25, 0.3) is 0 Å². The highest BCUT2D eigenvalue weighted by atomic mass is 79.9. The standard InChI is InChI=1S/C16H25BrO3/c1-4-5-6-7-8-9-13(18)12-10-11-14(19-2)15(17)16(12)20-3/h10-11,13,18H,4-9H2,1-3H3. The Morgan fingerprint density at radius 2 is 1.80 bits per heavy atom. The summed E-state index contributed by atoms with van der Waals surface area (Å²) in [6.45, 7) is 2.20. The van der Waals surface area contributed by atoms with Crippen molar-refractivity contribution in [2.24, 2.45) is 0 Å². The van der Waals surface area contributed by atoms with E-state index in [-0.39, 0.29) is 0 Å². The summed E-state index contributed by atoms with van der Waals surface area (Å²) in [6.07, 6.45) is 6.23. The minimum absolute atomic E-state index is 0.492. The predicted octanol–water partition coefficient (Wildman–Crippen LogP) is 4.86. The van der Waals surface area contributed by atoms with Crippen LogP contribution < -0.4 is 9.47 Å². The lowest BCUT2D eigenvalue weighted by Gasteiger charge is -2.17. The number of halogens is 1. The van der Waals surface area contributed by atoms with E-state index in [0.29, 0.717) is 11.5 Å². The molecule has 1 aromatic carbocycles. The molecule has 0 heterocycles. The van der Waals surface area contributed by atoms with Crippen molar-refractivity contribution < 1.29 is 14.6 Å². The van der Waals surface area contributed by atoms with Crippen LogP contribution in [0.3, 0.4) is 0 Å². The van der Waals surface area contributed by atoms with Crippen LogP contribution in [0.4, 0.5) is 0 Å². The van der Waals surface area contributed by atoms with E-state index in [1.807, 2.05) is 12.1 Å². The lowest BCUT2D eigenvalue weighted by atomic mass is 10.0. The number of hydrogen-bond donors (Lipinski definition) is 1. The second-order valence-corrected chi connectivity index (χ2v) is 5.72. The van der Waals surface area contributed by atoms with Gasteiger partial charge in [-0.3, -0.25) is 0 Å². The fourth-order valence-electron chi connectivity index (χ4n) is 2.28. The molecule has 0 amide bonds. The number of hydrogen-bond acceptors (Lipinski definition) is 3. The summed E-state index contributed by atoms with van der Waals surface area (Å²) in [7, 11) is 3.22. The molecule has 1 N–H and O–H groups in total. The first-order chi connectivity index (χ1) is 9.65. The Hall–Kier alpha value is -0.740. The van der Waals surface area contributed by atoms with Crippen molar-refractivity contribution in [3.63, 3.8) is 0 Å². The molecule has 0 aliphatic heterocycles. The Balaban J connectivity index is 2.67. The van der Waals surface area contributed by atoms with E-state index in [0.717, 1.165) is 22.9 Å². The molecule has 114 valence electrons. The van der Waals surface area contributed by atoms with Crippen LogP contribution in [0.2, 0.25) is 0 Å². The van der Waals surface area contributed by atoms with Crippen LogP contribution in [-0.2, 0) is 0 Å². The highest BCUT2D eigenvalue weighted by Crippen LogP contribution is 2.40. The van der Waals surface area contributed by atoms with Crippen LogP contribution in [0.15, 0.2) is 16.6 Å². The van der Waals surface area contributed by atoms with Gasteiger partial charge in [-0.05, 0) is 34.5 Å². The molecule has 1 atom stereocenters. The molecule has 0 spiro atoms. The maximum Gasteiger partial charge on any atom is 0.142 e. The van der Waals surface area contributed by atoms with Crippen molar-refractivity contribution in [2.75, 3.05) is 14.2 Å². The number of methoxy groups -OCH3 is 2. The third kappa shape index (κ3) is 4.67. The maximum absolute atomic E-state index is 10.3. The molecule has 4 heteroatoms. The molecule has 3 nitrogen and oxygen atoms in total. The fourth-order valence-corrected chi connectivity index (χ4v) is 2.96. The van der Waals surface area contributed by atoms with Crippen molar-refractivity contribution in [3.05, 3.63) is 22.2 Å². The largest absolute Gasteiger partial charge is 0.495 e. The second-order valence-electron chi connectivity index (χ2n) is 4.92. The summed E-state index contributed by atoms with van der Waals surface area (Å²) in [5.74, 6) is 1.37. The quantitative estimate of drug-likeness (QED) is 0.650. The zero-order valence-electron chi connectivity index (χ0n) is 12.6. The first-order valence-electron chi connectivity index (χ1n) is 7.24. The van der Waals surface area contributed by atoms with Gasteiger partial charge in [0.2, 0.25) is 0 Å². The van der Waals surface area contributed by atoms with Crippen LogP contribution in [0.25, 0.3) is 0 Å². The molecule has 0 saturated carbocycles. The van der Waals surface area contributed by atoms with Gasteiger partial charge < -0.3 is 14.6 Å². The fraction of sp³-hybridized carbons (Fsp3) is 0.625. The summed E-state index contributed by atoms with van der Waals surface area (Å²) < 4.78 is 11.4. The molecule has 1 unspecified atom stereocenters. The molecular formula is C16H25BrO3. The molecule has 0 aliphatic rings. The number of unbranched alkanes of at least 4 members (excludes halogenated alkanes) is 4. The topological polar surface area (TPSA) is 38.7 Å². The average Bonchev–Trinajstić information content (AvgIpc) is 2.46. The normalized spacial score (nSPS) is 12.2. The third-order valence-electron chi connectivity index (χ3n) is 3.46. The lowest BCUT2D eigenvalue weighted by molar-refractivity contribution is 0.159. The monoisotopic (exact) mass is 344 g/mol. The lowest BCUT2D eigenvalue weighted by Crippen LogP contribution is -2.02. The molecule has 0 aromatic heterocycles. The molecule has 20 heavy (non-hydrogen) atoms. The van der Waals surface area contributed by atoms with Crippen LogP contribution in [0.1, 0.15) is 57.1 Å². The summed E-state index contributed by atoms with van der Waals surface area (Å²) in [5.41, 5.74) is 0.815. The van der Waals surface area contributed by atoms with E-state index in [2.05, 4.69) is 22.9 Å². The van der Waals surface area contributed by atoms with Gasteiger partial charge >= 0.3 is 0 Å². The van der Waals surface area contributed by atoms with Gasteiger partial charge in [-0.2, -0.15) is 0 Å². The van der Waals surface area contributed by atoms with Crippen LogP contribution in [0, 0.1) is 0 Å². The zero-order valence-corrected chi connectivity index (χ0v) is 14.2. The molecule has 1 rings (SSSR count). The van der Waals surface area contributed by atoms with Crippen LogP contribution in [-0.4, -0.2) is 19.3 Å². The SMILES string of the molecule is CCCCCCCC(O)c1ccc(OC)c(Br)c1OC. The van der Waals surface area contributed by atoms with E-state index >= 15 is 0 Å². The summed E-state index contributed by atoms with van der Waals surface area (Å²) in [5, 5.41) is 10.3. The van der Waals surface area contributed by atoms with Crippen molar-refractivity contribution in [1.29, 1.82) is 0 Å². The van der Waals surface area contributed by atoms with Crippen molar-refractivity contribution in [3.8, 4) is 11.5 Å². The Labute approximate surface area is 130 Å². The Kier molecular flexibility index (Phi) is 8.00. The number of aliphatic hydroxyl groups excluding tert-OH is 1. The van der Waals surface area contributed by atoms with E-state index in [1.54, 1.807) is 14.2 Å². The smallest absolute Gasteiger partial charge is 0.142 e. The van der Waals surface area contributed by atoms with Gasteiger partial charge in [-0.1, -0.05) is 39.0 Å². The highest BCUT2D eigenvalue weighted by Gasteiger charge is 2.18. The van der Waals surface area contributed by atoms with Gasteiger partial charge in [0.1, 0.15) is 16.0 Å². The van der Waals surface area contributed by atoms with Gasteiger partial charge in [-0.25, -0.2) is 0 Å². The molecule has 0 radical (unpaired) electrons.